The summed E-state index contributed by atoms with van der Waals surface area (Å²) in [6, 6.07) is 9.32. The molecule has 1 aromatic rings. The van der Waals surface area contributed by atoms with Crippen LogP contribution in [0.15, 0.2) is 35.9 Å². The molecule has 254 valence electrons. The Morgan fingerprint density at radius 1 is 0.913 bits per heavy atom. The van der Waals surface area contributed by atoms with Crippen molar-refractivity contribution in [1.29, 1.82) is 5.26 Å². The van der Waals surface area contributed by atoms with Crippen molar-refractivity contribution < 1.29 is 19.0 Å². The van der Waals surface area contributed by atoms with E-state index in [-0.39, 0.29) is 11.5 Å². The second kappa shape index (κ2) is 15.6. The molecule has 4 aliphatic rings. The normalized spacial score (nSPS) is 32.4. The van der Waals surface area contributed by atoms with Gasteiger partial charge in [-0.05, 0) is 141 Å². The number of nitrogens with zero attached hydrogens (tertiary/aromatic N) is 1. The first-order chi connectivity index (χ1) is 22.1. The summed E-state index contributed by atoms with van der Waals surface area (Å²) in [6.45, 7) is 13.6. The molecule has 0 aliphatic heterocycles. The Balaban J connectivity index is 1.02. The Morgan fingerprint density at radius 3 is 2.41 bits per heavy atom. The summed E-state index contributed by atoms with van der Waals surface area (Å²) in [6.07, 6.45) is 19.8. The fraction of sp³-hybridized carbons (Fsp3) is 0.756. The van der Waals surface area contributed by atoms with Gasteiger partial charge in [0.25, 0.3) is 0 Å². The summed E-state index contributed by atoms with van der Waals surface area (Å²) in [4.78, 5) is 12.6. The molecule has 0 saturated heterocycles. The second-order valence-electron chi connectivity index (χ2n) is 16.3. The zero-order chi connectivity index (χ0) is 32.7. The third-order valence-electron chi connectivity index (χ3n) is 13.0. The molecule has 8 unspecified atom stereocenters. The van der Waals surface area contributed by atoms with Crippen molar-refractivity contribution in [3.05, 3.63) is 41.5 Å². The Morgan fingerprint density at radius 2 is 1.67 bits per heavy atom. The van der Waals surface area contributed by atoms with Gasteiger partial charge in [0.15, 0.2) is 0 Å². The average Bonchev–Trinajstić information content (AvgIpc) is 3.40. The van der Waals surface area contributed by atoms with E-state index < -0.39 is 6.16 Å². The van der Waals surface area contributed by atoms with Crippen LogP contribution in [-0.2, 0) is 9.47 Å². The number of rotatable bonds is 14. The number of hydrogen-bond donors (Lipinski definition) is 0. The van der Waals surface area contributed by atoms with Crippen LogP contribution < -0.4 is 4.74 Å². The lowest BCUT2D eigenvalue weighted by atomic mass is 9.47. The van der Waals surface area contributed by atoms with E-state index in [2.05, 4.69) is 46.8 Å². The number of unbranched alkanes of at least 4 members (excludes halogenated alkanes) is 3. The molecule has 3 saturated carbocycles. The maximum Gasteiger partial charge on any atom is 0.508 e. The average molecular weight is 632 g/mol. The van der Waals surface area contributed by atoms with E-state index in [9.17, 15) is 4.79 Å². The molecule has 0 N–H and O–H groups in total. The van der Waals surface area contributed by atoms with Gasteiger partial charge >= 0.3 is 6.16 Å². The topological polar surface area (TPSA) is 68.6 Å². The van der Waals surface area contributed by atoms with E-state index in [0.717, 1.165) is 86.2 Å². The molecular weight excluding hydrogens is 570 g/mol. The zero-order valence-electron chi connectivity index (χ0n) is 29.5. The van der Waals surface area contributed by atoms with Crippen LogP contribution in [0.3, 0.4) is 0 Å². The van der Waals surface area contributed by atoms with Gasteiger partial charge in [-0.2, -0.15) is 5.26 Å². The van der Waals surface area contributed by atoms with Crippen molar-refractivity contribution in [3.63, 3.8) is 0 Å². The molecule has 5 rings (SSSR count). The summed E-state index contributed by atoms with van der Waals surface area (Å²) in [5.74, 6) is 5.83. The van der Waals surface area contributed by atoms with E-state index >= 15 is 0 Å². The minimum atomic E-state index is -0.500. The van der Waals surface area contributed by atoms with Gasteiger partial charge in [0, 0.05) is 6.42 Å². The Kier molecular flexibility index (Phi) is 11.8. The number of carbonyl (C=O) groups is 1. The van der Waals surface area contributed by atoms with Crippen LogP contribution in [0.4, 0.5) is 4.79 Å². The molecule has 0 aromatic heterocycles. The number of ether oxygens (including phenoxy) is 3. The summed E-state index contributed by atoms with van der Waals surface area (Å²) < 4.78 is 17.1. The fourth-order valence-electron chi connectivity index (χ4n) is 10.5. The molecule has 5 nitrogen and oxygen atoms in total. The van der Waals surface area contributed by atoms with Gasteiger partial charge in [0.05, 0.1) is 24.8 Å². The molecule has 0 radical (unpaired) electrons. The lowest BCUT2D eigenvalue weighted by Crippen LogP contribution is -2.51. The number of hydrogen-bond acceptors (Lipinski definition) is 5. The Labute approximate surface area is 279 Å². The number of fused-ring (bicyclic) bond motifs is 5. The molecule has 46 heavy (non-hydrogen) atoms. The van der Waals surface area contributed by atoms with Crippen LogP contribution in [0.25, 0.3) is 0 Å². The zero-order valence-corrected chi connectivity index (χ0v) is 29.5. The van der Waals surface area contributed by atoms with Crippen LogP contribution in [0.5, 0.6) is 5.75 Å². The van der Waals surface area contributed by atoms with Crippen LogP contribution in [-0.4, -0.2) is 25.5 Å². The number of benzene rings is 1. The molecule has 3 fully saturated rings. The van der Waals surface area contributed by atoms with Crippen molar-refractivity contribution in [2.75, 3.05) is 13.2 Å². The molecule has 0 spiro atoms. The highest BCUT2D eigenvalue weighted by Crippen LogP contribution is 2.67. The van der Waals surface area contributed by atoms with Crippen molar-refractivity contribution in [3.8, 4) is 11.8 Å². The predicted molar refractivity (Wildman–Crippen MR) is 184 cm³/mol. The van der Waals surface area contributed by atoms with Crippen LogP contribution in [0.2, 0.25) is 0 Å². The number of carbonyl (C=O) groups excluding carboxylic acids is 1. The van der Waals surface area contributed by atoms with Gasteiger partial charge in [0.1, 0.15) is 11.9 Å². The molecule has 5 heteroatoms. The van der Waals surface area contributed by atoms with Gasteiger partial charge in [-0.15, -0.1) is 0 Å². The first-order valence-electron chi connectivity index (χ1n) is 18.8. The van der Waals surface area contributed by atoms with Crippen LogP contribution >= 0.6 is 0 Å². The Bertz CT molecular complexity index is 1220. The molecule has 0 bridgehead atoms. The SMILES string of the molecule is CC(C)CCCC(C)C1CCC2C3CC=C4CC(OC(=O)OCCCCCCOc5ccc(C#N)cc5)CCC4(C)C3CCC12C. The first-order valence-corrected chi connectivity index (χ1v) is 18.8. The molecule has 1 aromatic carbocycles. The summed E-state index contributed by atoms with van der Waals surface area (Å²) in [5, 5.41) is 8.89. The monoisotopic (exact) mass is 631 g/mol. The lowest BCUT2D eigenvalue weighted by molar-refractivity contribution is -0.0617. The van der Waals surface area contributed by atoms with E-state index in [4.69, 9.17) is 19.5 Å². The van der Waals surface area contributed by atoms with Gasteiger partial charge in [-0.1, -0.05) is 65.5 Å². The highest BCUT2D eigenvalue weighted by Gasteiger charge is 2.59. The highest BCUT2D eigenvalue weighted by molar-refractivity contribution is 5.60. The first kappa shape index (κ1) is 34.8. The largest absolute Gasteiger partial charge is 0.508 e. The summed E-state index contributed by atoms with van der Waals surface area (Å²) >= 11 is 0. The molecular formula is C41H61NO4. The summed E-state index contributed by atoms with van der Waals surface area (Å²) in [5.41, 5.74) is 2.97. The standard InChI is InChI=1S/C41H61NO4/c1-29(2)11-10-12-30(3)36-19-20-37-35-18-15-32-27-34(21-23-40(32,4)38(35)22-24-41(36,37)5)46-39(43)45-26-9-7-6-8-25-44-33-16-13-31(28-42)14-17-33/h13-17,29-30,34-38H,6-12,18-27H2,1-5H3. The summed E-state index contributed by atoms with van der Waals surface area (Å²) in [7, 11) is 0. The Hall–Kier alpha value is -2.48. The van der Waals surface area contributed by atoms with Crippen LogP contribution in [0, 0.1) is 57.7 Å². The van der Waals surface area contributed by atoms with E-state index in [0.29, 0.717) is 24.2 Å². The lowest BCUT2D eigenvalue weighted by Gasteiger charge is -2.58. The van der Waals surface area contributed by atoms with Gasteiger partial charge in [-0.3, -0.25) is 0 Å². The van der Waals surface area contributed by atoms with E-state index in [1.54, 1.807) is 17.7 Å². The highest BCUT2D eigenvalue weighted by atomic mass is 16.7. The van der Waals surface area contributed by atoms with Crippen molar-refractivity contribution >= 4 is 6.16 Å². The third kappa shape index (κ3) is 7.96. The van der Waals surface area contributed by atoms with Gasteiger partial charge < -0.3 is 14.2 Å². The molecule has 0 heterocycles. The van der Waals surface area contributed by atoms with E-state index in [1.165, 1.54) is 51.4 Å². The van der Waals surface area contributed by atoms with Crippen molar-refractivity contribution in [2.45, 2.75) is 137 Å². The van der Waals surface area contributed by atoms with Crippen LogP contribution in [0.1, 0.15) is 136 Å². The minimum absolute atomic E-state index is 0.0563. The minimum Gasteiger partial charge on any atom is -0.494 e. The van der Waals surface area contributed by atoms with E-state index in [1.807, 2.05) is 12.1 Å². The van der Waals surface area contributed by atoms with Crippen molar-refractivity contribution in [1.82, 2.24) is 0 Å². The molecule has 0 amide bonds. The quantitative estimate of drug-likeness (QED) is 0.116. The fourth-order valence-corrected chi connectivity index (χ4v) is 10.5. The maximum absolute atomic E-state index is 12.6. The number of nitriles is 1. The third-order valence-corrected chi connectivity index (χ3v) is 13.0. The number of allylic oxidation sites excluding steroid dienone is 1. The maximum atomic E-state index is 12.6. The smallest absolute Gasteiger partial charge is 0.494 e. The van der Waals surface area contributed by atoms with Crippen molar-refractivity contribution in [2.24, 2.45) is 46.3 Å². The molecule has 8 atom stereocenters. The van der Waals surface area contributed by atoms with Gasteiger partial charge in [-0.25, -0.2) is 4.79 Å². The predicted octanol–water partition coefficient (Wildman–Crippen LogP) is 11.1. The van der Waals surface area contributed by atoms with Gasteiger partial charge in [0.2, 0.25) is 0 Å². The molecule has 4 aliphatic carbocycles. The second-order valence-corrected chi connectivity index (χ2v) is 16.3.